The number of nitrogens with one attached hydrogen (secondary N) is 1. The van der Waals surface area contributed by atoms with E-state index in [9.17, 15) is 14.0 Å². The van der Waals surface area contributed by atoms with Crippen molar-refractivity contribution in [3.05, 3.63) is 17.8 Å². The third kappa shape index (κ3) is 10.8. The number of ether oxygens (including phenoxy) is 2. The molecule has 0 aromatic carbocycles. The van der Waals surface area contributed by atoms with E-state index in [1.165, 1.54) is 18.1 Å². The van der Waals surface area contributed by atoms with Crippen molar-refractivity contribution in [2.24, 2.45) is 5.92 Å². The first-order valence-electron chi connectivity index (χ1n) is 11.9. The summed E-state index contributed by atoms with van der Waals surface area (Å²) in [6, 6.07) is -0.0292. The highest BCUT2D eigenvalue weighted by Crippen LogP contribution is 2.24. The molecule has 1 aromatic rings. The van der Waals surface area contributed by atoms with Crippen LogP contribution in [0.2, 0.25) is 0 Å². The number of carbonyl (C=O) groups excluding carboxylic acids is 2. The third-order valence-corrected chi connectivity index (χ3v) is 4.61. The zero-order valence-corrected chi connectivity index (χ0v) is 21.7. The maximum absolute atomic E-state index is 13.4. The van der Waals surface area contributed by atoms with Gasteiger partial charge in [0.2, 0.25) is 11.8 Å². The SMILES string of the molecule is CC.CC(C)Oc1nc(F)ncc1C#C[C@@H]1CCC[C@H](NC(=O)CN(C)C(=O)OC(C)(C)C)C1. The Labute approximate surface area is 203 Å². The number of carbonyl (C=O) groups is 2. The van der Waals surface area contributed by atoms with Crippen molar-refractivity contribution in [2.75, 3.05) is 13.6 Å². The average Bonchev–Trinajstić information content (AvgIpc) is 2.73. The molecule has 2 amide bonds. The van der Waals surface area contributed by atoms with Crippen LogP contribution < -0.4 is 10.1 Å². The second kappa shape index (κ2) is 13.7. The van der Waals surface area contributed by atoms with E-state index >= 15 is 0 Å². The summed E-state index contributed by atoms with van der Waals surface area (Å²) in [6.07, 6.45) is 3.11. The maximum Gasteiger partial charge on any atom is 0.410 e. The lowest BCUT2D eigenvalue weighted by Gasteiger charge is -2.28. The molecule has 1 aliphatic carbocycles. The van der Waals surface area contributed by atoms with Crippen LogP contribution in [0, 0.1) is 23.8 Å². The fourth-order valence-electron chi connectivity index (χ4n) is 3.27. The van der Waals surface area contributed by atoms with Crippen LogP contribution >= 0.6 is 0 Å². The van der Waals surface area contributed by atoms with Crippen molar-refractivity contribution >= 4 is 12.0 Å². The maximum atomic E-state index is 13.4. The van der Waals surface area contributed by atoms with Gasteiger partial charge in [-0.1, -0.05) is 32.1 Å². The summed E-state index contributed by atoms with van der Waals surface area (Å²) in [4.78, 5) is 32.9. The minimum atomic E-state index is -0.858. The molecular weight excluding hydrogens is 439 g/mol. The van der Waals surface area contributed by atoms with Crippen molar-refractivity contribution in [1.29, 1.82) is 0 Å². The smallest absolute Gasteiger partial charge is 0.410 e. The molecule has 1 N–H and O–H groups in total. The van der Waals surface area contributed by atoms with Crippen LogP contribution in [0.4, 0.5) is 9.18 Å². The quantitative estimate of drug-likeness (QED) is 0.500. The van der Waals surface area contributed by atoms with Crippen molar-refractivity contribution < 1.29 is 23.5 Å². The average molecular weight is 479 g/mol. The lowest BCUT2D eigenvalue weighted by atomic mass is 9.86. The van der Waals surface area contributed by atoms with Gasteiger partial charge in [0.05, 0.1) is 12.3 Å². The van der Waals surface area contributed by atoms with E-state index < -0.39 is 17.8 Å². The first-order chi connectivity index (χ1) is 15.9. The highest BCUT2D eigenvalue weighted by Gasteiger charge is 2.25. The Kier molecular flexibility index (Phi) is 11.8. The van der Waals surface area contributed by atoms with Gasteiger partial charge in [-0.05, 0) is 53.9 Å². The molecule has 1 aliphatic rings. The minimum Gasteiger partial charge on any atom is -0.474 e. The lowest BCUT2D eigenvalue weighted by Crippen LogP contribution is -2.45. The predicted molar refractivity (Wildman–Crippen MR) is 129 cm³/mol. The van der Waals surface area contributed by atoms with E-state index in [0.29, 0.717) is 12.0 Å². The first-order valence-corrected chi connectivity index (χ1v) is 11.9. The second-order valence-corrected chi connectivity index (χ2v) is 9.26. The molecule has 0 saturated heterocycles. The summed E-state index contributed by atoms with van der Waals surface area (Å²) in [5.74, 6) is 6.16. The van der Waals surface area contributed by atoms with Gasteiger partial charge in [0, 0.05) is 19.0 Å². The number of rotatable bonds is 5. The highest BCUT2D eigenvalue weighted by molar-refractivity contribution is 5.82. The van der Waals surface area contributed by atoms with Crippen LogP contribution in [0.5, 0.6) is 5.88 Å². The Morgan fingerprint density at radius 2 is 1.97 bits per heavy atom. The largest absolute Gasteiger partial charge is 0.474 e. The van der Waals surface area contributed by atoms with E-state index in [-0.39, 0.29) is 36.4 Å². The van der Waals surface area contributed by atoms with Gasteiger partial charge in [-0.15, -0.1) is 0 Å². The minimum absolute atomic E-state index is 0.0292. The summed E-state index contributed by atoms with van der Waals surface area (Å²) in [7, 11) is 1.53. The molecule has 0 unspecified atom stereocenters. The standard InChI is InChI=1S/C23H33FN4O4.C2H6/c1-15(2)31-20-17(13-25-21(24)27-20)11-10-16-8-7-9-18(12-16)26-19(29)14-28(6)22(30)32-23(3,4)5;1-2/h13,15-16,18H,7-9,12,14H2,1-6H3,(H,26,29);1-2H3/t16-,18-;/m0./s1. The van der Waals surface area contributed by atoms with Gasteiger partial charge in [0.25, 0.3) is 0 Å². The summed E-state index contributed by atoms with van der Waals surface area (Å²) in [5.41, 5.74) is -0.183. The van der Waals surface area contributed by atoms with Crippen LogP contribution in [0.1, 0.15) is 79.7 Å². The second-order valence-electron chi connectivity index (χ2n) is 9.26. The molecule has 9 heteroatoms. The molecule has 8 nitrogen and oxygen atoms in total. The van der Waals surface area contributed by atoms with Gasteiger partial charge in [-0.25, -0.2) is 9.78 Å². The fourth-order valence-corrected chi connectivity index (χ4v) is 3.27. The number of halogens is 1. The number of aromatic nitrogens is 2. The van der Waals surface area contributed by atoms with Gasteiger partial charge in [0.15, 0.2) is 0 Å². The molecule has 1 heterocycles. The summed E-state index contributed by atoms with van der Waals surface area (Å²) >= 11 is 0. The molecule has 2 atom stereocenters. The van der Waals surface area contributed by atoms with Crippen molar-refractivity contribution in [2.45, 2.75) is 91.9 Å². The predicted octanol–water partition coefficient (Wildman–Crippen LogP) is 4.32. The van der Waals surface area contributed by atoms with Crippen LogP contribution in [-0.4, -0.2) is 58.2 Å². The molecule has 0 aliphatic heterocycles. The van der Waals surface area contributed by atoms with Gasteiger partial charge in [-0.2, -0.15) is 9.37 Å². The molecule has 0 bridgehead atoms. The number of hydrogen-bond acceptors (Lipinski definition) is 6. The van der Waals surface area contributed by atoms with Crippen LogP contribution in [0.15, 0.2) is 6.20 Å². The monoisotopic (exact) mass is 478 g/mol. The van der Waals surface area contributed by atoms with Crippen LogP contribution in [0.3, 0.4) is 0 Å². The molecule has 190 valence electrons. The Morgan fingerprint density at radius 1 is 1.29 bits per heavy atom. The zero-order chi connectivity index (χ0) is 25.9. The summed E-state index contributed by atoms with van der Waals surface area (Å²) < 4.78 is 24.2. The van der Waals surface area contributed by atoms with Gasteiger partial charge >= 0.3 is 12.2 Å². The van der Waals surface area contributed by atoms with E-state index in [0.717, 1.165) is 19.3 Å². The van der Waals surface area contributed by atoms with Crippen LogP contribution in [-0.2, 0) is 9.53 Å². The fraction of sp³-hybridized carbons (Fsp3) is 0.680. The summed E-state index contributed by atoms with van der Waals surface area (Å²) in [5, 5.41) is 2.99. The van der Waals surface area contributed by atoms with Crippen molar-refractivity contribution in [3.63, 3.8) is 0 Å². The summed E-state index contributed by atoms with van der Waals surface area (Å²) in [6.45, 7) is 12.9. The van der Waals surface area contributed by atoms with Gasteiger partial charge in [0.1, 0.15) is 17.7 Å². The van der Waals surface area contributed by atoms with E-state index in [2.05, 4.69) is 27.1 Å². The lowest BCUT2D eigenvalue weighted by molar-refractivity contribution is -0.123. The Balaban J connectivity index is 0.00000281. The van der Waals surface area contributed by atoms with Crippen LogP contribution in [0.25, 0.3) is 0 Å². The zero-order valence-electron chi connectivity index (χ0n) is 21.7. The molecule has 0 spiro atoms. The molecular formula is C25H39FN4O4. The van der Waals surface area contributed by atoms with Gasteiger partial charge < -0.3 is 19.7 Å². The number of hydrogen-bond donors (Lipinski definition) is 1. The topological polar surface area (TPSA) is 93.7 Å². The van der Waals surface area contributed by atoms with E-state index in [4.69, 9.17) is 9.47 Å². The third-order valence-electron chi connectivity index (χ3n) is 4.61. The molecule has 1 saturated carbocycles. The van der Waals surface area contributed by atoms with E-state index in [1.807, 2.05) is 27.7 Å². The van der Waals surface area contributed by atoms with Crippen molar-refractivity contribution in [1.82, 2.24) is 20.2 Å². The Hall–Kier alpha value is -2.89. The number of likely N-dealkylation sites (N-methyl/N-ethyl adjacent to an activating group) is 1. The molecule has 2 rings (SSSR count). The Morgan fingerprint density at radius 3 is 2.59 bits per heavy atom. The van der Waals surface area contributed by atoms with E-state index in [1.54, 1.807) is 20.8 Å². The molecule has 34 heavy (non-hydrogen) atoms. The molecule has 1 aromatic heterocycles. The normalized spacial score (nSPS) is 17.5. The Bertz CT molecular complexity index is 874. The molecule has 1 fully saturated rings. The van der Waals surface area contributed by atoms with Crippen molar-refractivity contribution in [3.8, 4) is 17.7 Å². The highest BCUT2D eigenvalue weighted by atomic mass is 19.1. The number of amides is 2. The molecule has 0 radical (unpaired) electrons. The number of nitrogens with zero attached hydrogens (tertiary/aromatic N) is 3. The first kappa shape index (κ1) is 29.1. The van der Waals surface area contributed by atoms with Gasteiger partial charge in [-0.3, -0.25) is 4.79 Å².